The van der Waals surface area contributed by atoms with Gasteiger partial charge < -0.3 is 19.7 Å². The van der Waals surface area contributed by atoms with Crippen LogP contribution in [0, 0.1) is 11.8 Å². The molecular formula is C19H24O7. The molecule has 142 valence electrons. The molecule has 7 nitrogen and oxygen atoms in total. The second-order valence-corrected chi connectivity index (χ2v) is 7.98. The minimum Gasteiger partial charge on any atom is -0.461 e. The van der Waals surface area contributed by atoms with Gasteiger partial charge in [0.05, 0.1) is 17.4 Å². The van der Waals surface area contributed by atoms with E-state index in [2.05, 4.69) is 6.58 Å². The number of Topliss-reactive ketones (excluding diaryl/α,β-unsaturated/α-hetero) is 1. The maximum Gasteiger partial charge on any atom is 0.334 e. The fraction of sp³-hybridized carbons (Fsp3) is 0.632. The summed E-state index contributed by atoms with van der Waals surface area (Å²) in [7, 11) is 0. The molecule has 0 aromatic rings. The van der Waals surface area contributed by atoms with Crippen LogP contribution in [-0.2, 0) is 23.9 Å². The molecule has 1 heterocycles. The molecule has 2 N–H and O–H groups in total. The minimum absolute atomic E-state index is 0.108. The zero-order valence-electron chi connectivity index (χ0n) is 15.4. The molecule has 2 aliphatic carbocycles. The van der Waals surface area contributed by atoms with Crippen LogP contribution in [0.4, 0.5) is 0 Å². The van der Waals surface area contributed by atoms with E-state index in [0.29, 0.717) is 0 Å². The molecule has 0 unspecified atom stereocenters. The molecular weight excluding hydrogens is 340 g/mol. The van der Waals surface area contributed by atoms with Gasteiger partial charge >= 0.3 is 11.9 Å². The van der Waals surface area contributed by atoms with Gasteiger partial charge in [0, 0.05) is 24.0 Å². The van der Waals surface area contributed by atoms with Crippen LogP contribution in [-0.4, -0.2) is 51.3 Å². The molecule has 7 heteroatoms. The molecule has 1 aliphatic heterocycles. The monoisotopic (exact) mass is 364 g/mol. The standard InChI is InChI=1S/C19H24O7/c1-8(2)16(21)25-12-7-18(5,23)19(24)6-11(20)9(3)14(19)15-13(12)10(4)17(22)26-15/h8,12-13,15,23-24H,4,6-7H2,1-3,5H3/t12-,13-,15+,18-,19-/m1/s1. The zero-order chi connectivity index (χ0) is 19.6. The van der Waals surface area contributed by atoms with Crippen molar-refractivity contribution in [1.29, 1.82) is 0 Å². The van der Waals surface area contributed by atoms with E-state index in [1.807, 2.05) is 0 Å². The molecule has 0 aromatic heterocycles. The average Bonchev–Trinajstić information content (AvgIpc) is 2.90. The third-order valence-corrected chi connectivity index (χ3v) is 5.82. The first-order valence-corrected chi connectivity index (χ1v) is 8.70. The van der Waals surface area contributed by atoms with Gasteiger partial charge in [-0.25, -0.2) is 4.79 Å². The highest BCUT2D eigenvalue weighted by atomic mass is 16.6. The molecule has 1 saturated heterocycles. The third kappa shape index (κ3) is 2.45. The zero-order valence-corrected chi connectivity index (χ0v) is 15.4. The van der Waals surface area contributed by atoms with Crippen LogP contribution in [0.15, 0.2) is 23.3 Å². The minimum atomic E-state index is -1.89. The normalized spacial score (nSPS) is 39.7. The first-order valence-electron chi connectivity index (χ1n) is 8.70. The van der Waals surface area contributed by atoms with E-state index >= 15 is 0 Å². The van der Waals surface area contributed by atoms with E-state index in [4.69, 9.17) is 9.47 Å². The van der Waals surface area contributed by atoms with E-state index in [9.17, 15) is 24.6 Å². The Balaban J connectivity index is 2.15. The number of ketones is 1. The van der Waals surface area contributed by atoms with Crippen molar-refractivity contribution >= 4 is 17.7 Å². The van der Waals surface area contributed by atoms with E-state index in [-0.39, 0.29) is 35.3 Å². The van der Waals surface area contributed by atoms with Crippen molar-refractivity contribution in [2.45, 2.75) is 63.9 Å². The molecule has 0 spiro atoms. The largest absolute Gasteiger partial charge is 0.461 e. The lowest BCUT2D eigenvalue weighted by Crippen LogP contribution is -2.54. The van der Waals surface area contributed by atoms with Gasteiger partial charge in [-0.15, -0.1) is 0 Å². The highest BCUT2D eigenvalue weighted by Gasteiger charge is 2.65. The number of ether oxygens (including phenoxy) is 2. The van der Waals surface area contributed by atoms with Crippen LogP contribution in [0.5, 0.6) is 0 Å². The van der Waals surface area contributed by atoms with Crippen LogP contribution >= 0.6 is 0 Å². The maximum atomic E-state index is 12.3. The Morgan fingerprint density at radius 1 is 1.35 bits per heavy atom. The highest BCUT2D eigenvalue weighted by molar-refractivity contribution is 6.01. The van der Waals surface area contributed by atoms with Crippen LogP contribution in [0.25, 0.3) is 0 Å². The lowest BCUT2D eigenvalue weighted by atomic mass is 9.77. The van der Waals surface area contributed by atoms with Crippen molar-refractivity contribution in [2.24, 2.45) is 11.8 Å². The molecule has 0 bridgehead atoms. The number of hydrogen-bond acceptors (Lipinski definition) is 7. The van der Waals surface area contributed by atoms with Gasteiger partial charge in [-0.1, -0.05) is 20.4 Å². The lowest BCUT2D eigenvalue weighted by molar-refractivity contribution is -0.166. The summed E-state index contributed by atoms with van der Waals surface area (Å²) in [6.07, 6.45) is -2.36. The summed E-state index contributed by atoms with van der Waals surface area (Å²) in [4.78, 5) is 36.6. The molecule has 3 aliphatic rings. The van der Waals surface area contributed by atoms with Crippen LogP contribution in [0.1, 0.15) is 40.5 Å². The van der Waals surface area contributed by atoms with Gasteiger partial charge in [-0.05, 0) is 19.4 Å². The number of carbonyl (C=O) groups excluding carboxylic acids is 3. The molecule has 0 aromatic carbocycles. The Hall–Kier alpha value is -1.99. The third-order valence-electron chi connectivity index (χ3n) is 5.82. The van der Waals surface area contributed by atoms with E-state index in [1.54, 1.807) is 13.8 Å². The van der Waals surface area contributed by atoms with Gasteiger partial charge in [0.2, 0.25) is 0 Å². The van der Waals surface area contributed by atoms with Gasteiger partial charge in [-0.2, -0.15) is 0 Å². The summed E-state index contributed by atoms with van der Waals surface area (Å²) in [5, 5.41) is 22.3. The summed E-state index contributed by atoms with van der Waals surface area (Å²) in [6.45, 7) is 10.0. The highest BCUT2D eigenvalue weighted by Crippen LogP contribution is 2.53. The van der Waals surface area contributed by atoms with Crippen molar-refractivity contribution in [2.75, 3.05) is 0 Å². The number of carbonyl (C=O) groups is 3. The van der Waals surface area contributed by atoms with Crippen molar-refractivity contribution in [3.05, 3.63) is 23.3 Å². The summed E-state index contributed by atoms with van der Waals surface area (Å²) in [5.74, 6) is -2.63. The van der Waals surface area contributed by atoms with Crippen molar-refractivity contribution in [3.63, 3.8) is 0 Å². The fourth-order valence-corrected chi connectivity index (χ4v) is 4.18. The van der Waals surface area contributed by atoms with E-state index < -0.39 is 47.2 Å². The van der Waals surface area contributed by atoms with Gasteiger partial charge in [-0.3, -0.25) is 9.59 Å². The summed E-state index contributed by atoms with van der Waals surface area (Å²) < 4.78 is 11.0. The SMILES string of the molecule is C=C1C(=O)O[C@@H]2C3=C(C)C(=O)C[C@]3(O)[C@](C)(O)C[C@@H](OC(=O)C(C)C)[C@@H]12. The van der Waals surface area contributed by atoms with Crippen LogP contribution in [0.3, 0.4) is 0 Å². The predicted molar refractivity (Wildman–Crippen MR) is 89.7 cm³/mol. The molecule has 0 radical (unpaired) electrons. The number of fused-ring (bicyclic) bond motifs is 3. The number of hydrogen-bond donors (Lipinski definition) is 2. The molecule has 5 atom stereocenters. The average molecular weight is 364 g/mol. The van der Waals surface area contributed by atoms with Crippen LogP contribution in [0.2, 0.25) is 0 Å². The number of aliphatic hydroxyl groups is 2. The van der Waals surface area contributed by atoms with Crippen molar-refractivity contribution < 1.29 is 34.1 Å². The first-order chi connectivity index (χ1) is 11.9. The quantitative estimate of drug-likeness (QED) is 0.551. The second kappa shape index (κ2) is 5.76. The van der Waals surface area contributed by atoms with E-state index in [0.717, 1.165) is 0 Å². The van der Waals surface area contributed by atoms with Gasteiger partial charge in [0.25, 0.3) is 0 Å². The second-order valence-electron chi connectivity index (χ2n) is 7.98. The number of esters is 2. The Kier molecular flexibility index (Phi) is 4.16. The fourth-order valence-electron chi connectivity index (χ4n) is 4.18. The molecule has 2 fully saturated rings. The first kappa shape index (κ1) is 18.8. The number of rotatable bonds is 2. The number of allylic oxidation sites excluding steroid dienone is 1. The summed E-state index contributed by atoms with van der Waals surface area (Å²) in [6, 6.07) is 0. The van der Waals surface area contributed by atoms with Crippen molar-refractivity contribution in [1.82, 2.24) is 0 Å². The molecule has 3 rings (SSSR count). The Bertz CT molecular complexity index is 745. The molecule has 0 amide bonds. The Morgan fingerprint density at radius 3 is 2.54 bits per heavy atom. The van der Waals surface area contributed by atoms with E-state index in [1.165, 1.54) is 13.8 Å². The Morgan fingerprint density at radius 2 is 1.96 bits per heavy atom. The topological polar surface area (TPSA) is 110 Å². The molecule has 1 saturated carbocycles. The summed E-state index contributed by atoms with van der Waals surface area (Å²) >= 11 is 0. The predicted octanol–water partition coefficient (Wildman–Crippen LogP) is 0.827. The summed E-state index contributed by atoms with van der Waals surface area (Å²) in [5.41, 5.74) is -3.08. The lowest BCUT2D eigenvalue weighted by Gasteiger charge is -2.39. The maximum absolute atomic E-state index is 12.3. The van der Waals surface area contributed by atoms with Gasteiger partial charge in [0.15, 0.2) is 5.78 Å². The van der Waals surface area contributed by atoms with Crippen LogP contribution < -0.4 is 0 Å². The van der Waals surface area contributed by atoms with Crippen molar-refractivity contribution in [3.8, 4) is 0 Å². The molecule has 26 heavy (non-hydrogen) atoms. The van der Waals surface area contributed by atoms with Gasteiger partial charge in [0.1, 0.15) is 17.8 Å². The Labute approximate surface area is 151 Å². The smallest absolute Gasteiger partial charge is 0.334 e.